The summed E-state index contributed by atoms with van der Waals surface area (Å²) in [6, 6.07) is 7.66. The summed E-state index contributed by atoms with van der Waals surface area (Å²) in [4.78, 5) is 25.5. The number of hydrogen-bond acceptors (Lipinski definition) is 4. The van der Waals surface area contributed by atoms with Crippen molar-refractivity contribution in [1.82, 2.24) is 0 Å². The van der Waals surface area contributed by atoms with Gasteiger partial charge >= 0.3 is 0 Å². The molecule has 0 bridgehead atoms. The topological polar surface area (TPSA) is 52.6 Å². The van der Waals surface area contributed by atoms with Crippen LogP contribution in [-0.2, 0) is 5.41 Å². The second-order valence-corrected chi connectivity index (χ2v) is 7.02. The molecule has 0 aromatic heterocycles. The lowest BCUT2D eigenvalue weighted by atomic mass is 9.76. The van der Waals surface area contributed by atoms with E-state index < -0.39 is 5.41 Å². The molecule has 4 nitrogen and oxygen atoms in total. The normalized spacial score (nSPS) is 20.8. The second-order valence-electron chi connectivity index (χ2n) is 7.02. The van der Waals surface area contributed by atoms with Gasteiger partial charge in [-0.3, -0.25) is 9.59 Å². The maximum Gasteiger partial charge on any atom is 0.164 e. The van der Waals surface area contributed by atoms with Crippen LogP contribution in [0.3, 0.4) is 0 Å². The average molecular weight is 336 g/mol. The summed E-state index contributed by atoms with van der Waals surface area (Å²) in [6.07, 6.45) is 0.652. The van der Waals surface area contributed by atoms with Crippen LogP contribution in [0.2, 0.25) is 0 Å². The molecule has 0 aliphatic heterocycles. The van der Waals surface area contributed by atoms with Crippen LogP contribution in [0.4, 0.5) is 0 Å². The van der Waals surface area contributed by atoms with Gasteiger partial charge < -0.3 is 9.47 Å². The van der Waals surface area contributed by atoms with Gasteiger partial charge in [0.05, 0.1) is 14.2 Å². The zero-order valence-corrected chi connectivity index (χ0v) is 14.9. The van der Waals surface area contributed by atoms with E-state index in [9.17, 15) is 9.59 Å². The molecular formula is C21H20O4. The number of methoxy groups -OCH3 is 2. The molecule has 2 aliphatic carbocycles. The highest BCUT2D eigenvalue weighted by molar-refractivity contribution is 6.10. The summed E-state index contributed by atoms with van der Waals surface area (Å²) in [5, 5.41) is 0. The lowest BCUT2D eigenvalue weighted by Gasteiger charge is -2.26. The number of carbonyl (C=O) groups is 2. The zero-order chi connectivity index (χ0) is 17.9. The Morgan fingerprint density at radius 2 is 1.24 bits per heavy atom. The first-order chi connectivity index (χ1) is 11.9. The standard InChI is InChI=1S/C21H20O4/c1-11-5-13-15(6-12(11)2)21(9-17(13)22)10-18(23)14-7-19(24-3)20(25-4)8-16(14)21/h5-8H,9-10H2,1-4H3. The van der Waals surface area contributed by atoms with Crippen molar-refractivity contribution in [3.8, 4) is 11.5 Å². The summed E-state index contributed by atoms with van der Waals surface area (Å²) in [6.45, 7) is 4.05. The SMILES string of the molecule is COc1cc2c(cc1OC)C1(CC(=O)c3cc(C)c(C)cc31)CC2=O. The first-order valence-electron chi connectivity index (χ1n) is 8.36. The van der Waals surface area contributed by atoms with Crippen molar-refractivity contribution in [3.05, 3.63) is 57.6 Å². The molecule has 2 aromatic rings. The molecule has 0 heterocycles. The predicted octanol–water partition coefficient (Wildman–Crippen LogP) is 3.78. The zero-order valence-electron chi connectivity index (χ0n) is 14.9. The van der Waals surface area contributed by atoms with Crippen molar-refractivity contribution in [1.29, 1.82) is 0 Å². The van der Waals surface area contributed by atoms with Gasteiger partial charge in [0.15, 0.2) is 23.1 Å². The molecule has 0 amide bonds. The fourth-order valence-corrected chi connectivity index (χ4v) is 4.28. The van der Waals surface area contributed by atoms with Gasteiger partial charge in [0, 0.05) is 29.4 Å². The van der Waals surface area contributed by atoms with Crippen molar-refractivity contribution in [2.75, 3.05) is 14.2 Å². The number of benzene rings is 2. The number of ether oxygens (including phenoxy) is 2. The van der Waals surface area contributed by atoms with E-state index in [1.165, 1.54) is 0 Å². The smallest absolute Gasteiger partial charge is 0.164 e. The number of fused-ring (bicyclic) bond motifs is 4. The van der Waals surface area contributed by atoms with Gasteiger partial charge in [0.2, 0.25) is 0 Å². The second kappa shape index (κ2) is 5.19. The highest BCUT2D eigenvalue weighted by atomic mass is 16.5. The number of rotatable bonds is 2. The Morgan fingerprint density at radius 1 is 0.760 bits per heavy atom. The molecule has 2 aromatic carbocycles. The van der Waals surface area contributed by atoms with Crippen molar-refractivity contribution in [2.24, 2.45) is 0 Å². The number of ketones is 2. The van der Waals surface area contributed by atoms with Crippen molar-refractivity contribution in [3.63, 3.8) is 0 Å². The van der Waals surface area contributed by atoms with Crippen LogP contribution in [0.25, 0.3) is 0 Å². The van der Waals surface area contributed by atoms with Gasteiger partial charge in [-0.2, -0.15) is 0 Å². The molecular weight excluding hydrogens is 316 g/mol. The third kappa shape index (κ3) is 2.00. The minimum atomic E-state index is -0.573. The molecule has 0 fully saturated rings. The van der Waals surface area contributed by atoms with E-state index in [0.29, 0.717) is 29.9 Å². The van der Waals surface area contributed by atoms with Gasteiger partial charge in [-0.05, 0) is 54.3 Å². The van der Waals surface area contributed by atoms with Crippen molar-refractivity contribution < 1.29 is 19.1 Å². The van der Waals surface area contributed by atoms with Crippen molar-refractivity contribution >= 4 is 11.6 Å². The van der Waals surface area contributed by atoms with E-state index in [0.717, 1.165) is 27.8 Å². The van der Waals surface area contributed by atoms with Crippen LogP contribution in [0.15, 0.2) is 24.3 Å². The molecule has 2 aliphatic rings. The number of aryl methyl sites for hydroxylation is 2. The fourth-order valence-electron chi connectivity index (χ4n) is 4.28. The Balaban J connectivity index is 2.01. The average Bonchev–Trinajstić information content (AvgIpc) is 3.01. The summed E-state index contributed by atoms with van der Waals surface area (Å²) >= 11 is 0. The molecule has 25 heavy (non-hydrogen) atoms. The van der Waals surface area contributed by atoms with E-state index in [1.807, 2.05) is 26.0 Å². The third-order valence-electron chi connectivity index (χ3n) is 5.71. The van der Waals surface area contributed by atoms with E-state index in [1.54, 1.807) is 20.3 Å². The van der Waals surface area contributed by atoms with Gasteiger partial charge in [0.25, 0.3) is 0 Å². The molecule has 4 rings (SSSR count). The predicted molar refractivity (Wildman–Crippen MR) is 94.1 cm³/mol. The van der Waals surface area contributed by atoms with Gasteiger partial charge in [-0.15, -0.1) is 0 Å². The molecule has 128 valence electrons. The summed E-state index contributed by atoms with van der Waals surface area (Å²) < 4.78 is 10.8. The maximum atomic E-state index is 12.8. The molecule has 0 radical (unpaired) electrons. The summed E-state index contributed by atoms with van der Waals surface area (Å²) in [7, 11) is 3.13. The van der Waals surface area contributed by atoms with Crippen LogP contribution in [0.5, 0.6) is 11.5 Å². The van der Waals surface area contributed by atoms with E-state index in [4.69, 9.17) is 9.47 Å². The molecule has 0 saturated carbocycles. The molecule has 4 heteroatoms. The van der Waals surface area contributed by atoms with Crippen LogP contribution in [0.1, 0.15) is 55.8 Å². The van der Waals surface area contributed by atoms with Gasteiger partial charge in [0.1, 0.15) is 0 Å². The van der Waals surface area contributed by atoms with E-state index in [-0.39, 0.29) is 11.6 Å². The van der Waals surface area contributed by atoms with E-state index in [2.05, 4.69) is 6.07 Å². The Hall–Kier alpha value is -2.62. The Kier molecular flexibility index (Phi) is 3.29. The maximum absolute atomic E-state index is 12.8. The Labute approximate surface area is 146 Å². The van der Waals surface area contributed by atoms with Crippen LogP contribution < -0.4 is 9.47 Å². The minimum absolute atomic E-state index is 0.0508. The fraction of sp³-hybridized carbons (Fsp3) is 0.333. The van der Waals surface area contributed by atoms with Gasteiger partial charge in [-0.1, -0.05) is 6.07 Å². The summed E-state index contributed by atoms with van der Waals surface area (Å²) in [5.74, 6) is 1.28. The highest BCUT2D eigenvalue weighted by Crippen LogP contribution is 2.54. The Morgan fingerprint density at radius 3 is 1.84 bits per heavy atom. The summed E-state index contributed by atoms with van der Waals surface area (Å²) in [5.41, 5.74) is 4.90. The third-order valence-corrected chi connectivity index (χ3v) is 5.71. The lowest BCUT2D eigenvalue weighted by Crippen LogP contribution is -2.22. The van der Waals surface area contributed by atoms with Crippen LogP contribution in [0, 0.1) is 13.8 Å². The molecule has 1 spiro atoms. The van der Waals surface area contributed by atoms with Crippen LogP contribution >= 0.6 is 0 Å². The quantitative estimate of drug-likeness (QED) is 0.837. The van der Waals surface area contributed by atoms with Crippen molar-refractivity contribution in [2.45, 2.75) is 32.1 Å². The molecule has 0 N–H and O–H groups in total. The first-order valence-corrected chi connectivity index (χ1v) is 8.36. The van der Waals surface area contributed by atoms with E-state index >= 15 is 0 Å². The number of Topliss-reactive ketones (excluding diaryl/α,β-unsaturated/α-hetero) is 2. The Bertz CT molecular complexity index is 941. The largest absolute Gasteiger partial charge is 0.493 e. The first kappa shape index (κ1) is 15.9. The monoisotopic (exact) mass is 336 g/mol. The minimum Gasteiger partial charge on any atom is -0.493 e. The number of hydrogen-bond donors (Lipinski definition) is 0. The number of carbonyl (C=O) groups excluding carboxylic acids is 2. The molecule has 1 atom stereocenters. The highest BCUT2D eigenvalue weighted by Gasteiger charge is 2.52. The molecule has 1 unspecified atom stereocenters. The van der Waals surface area contributed by atoms with Crippen LogP contribution in [-0.4, -0.2) is 25.8 Å². The lowest BCUT2D eigenvalue weighted by molar-refractivity contribution is 0.0957. The molecule has 0 saturated heterocycles. The van der Waals surface area contributed by atoms with Gasteiger partial charge in [-0.25, -0.2) is 0 Å².